The van der Waals surface area contributed by atoms with E-state index in [2.05, 4.69) is 5.32 Å². The van der Waals surface area contributed by atoms with Gasteiger partial charge in [0.15, 0.2) is 11.9 Å². The summed E-state index contributed by atoms with van der Waals surface area (Å²) in [6.07, 6.45) is -8.76. The summed E-state index contributed by atoms with van der Waals surface area (Å²) < 4.78 is 43.5. The number of aliphatic hydroxyl groups is 2. The van der Waals surface area contributed by atoms with Gasteiger partial charge in [-0.2, -0.15) is 0 Å². The highest BCUT2D eigenvalue weighted by Crippen LogP contribution is 2.65. The van der Waals surface area contributed by atoms with Gasteiger partial charge in [-0.15, -0.1) is 0 Å². The lowest BCUT2D eigenvalue weighted by atomic mass is 9.44. The van der Waals surface area contributed by atoms with E-state index in [9.17, 15) is 24.6 Å². The fourth-order valence-corrected chi connectivity index (χ4v) is 10.3. The van der Waals surface area contributed by atoms with Crippen molar-refractivity contribution in [1.82, 2.24) is 5.32 Å². The Bertz CT molecular complexity index is 1960. The molecule has 1 amide bonds. The molecule has 0 aromatic heterocycles. The molecule has 3 aliphatic carbocycles. The van der Waals surface area contributed by atoms with Gasteiger partial charge in [0.25, 0.3) is 0 Å². The average Bonchev–Trinajstić information content (AvgIpc) is 3.18. The molecule has 2 aromatic rings. The van der Waals surface area contributed by atoms with Crippen LogP contribution in [0.25, 0.3) is 0 Å². The quantitative estimate of drug-likeness (QED) is 0.148. The molecule has 3 N–H and O–H groups in total. The third-order valence-electron chi connectivity index (χ3n) is 13.2. The number of amides is 1. The van der Waals surface area contributed by atoms with E-state index in [1.165, 1.54) is 14.2 Å². The van der Waals surface area contributed by atoms with Crippen LogP contribution in [0.1, 0.15) is 97.1 Å². The first kappa shape index (κ1) is 45.3. The lowest BCUT2D eigenvalue weighted by Crippen LogP contribution is -2.82. The second-order valence-corrected chi connectivity index (χ2v) is 18.6. The summed E-state index contributed by atoms with van der Waals surface area (Å²) in [7, 11) is 2.91. The normalized spacial score (nSPS) is 33.2. The third-order valence-corrected chi connectivity index (χ3v) is 13.2. The number of ether oxygens (including phenoxy) is 7. The van der Waals surface area contributed by atoms with E-state index < -0.39 is 100 Å². The van der Waals surface area contributed by atoms with Crippen LogP contribution >= 0.6 is 0 Å². The van der Waals surface area contributed by atoms with Crippen LogP contribution in [0.2, 0.25) is 0 Å². The number of hydrogen-bond donors (Lipinski definition) is 3. The van der Waals surface area contributed by atoms with Crippen molar-refractivity contribution in [1.29, 1.82) is 0 Å². The largest absolute Gasteiger partial charge is 0.456 e. The van der Waals surface area contributed by atoms with Crippen molar-refractivity contribution < 1.29 is 62.5 Å². The van der Waals surface area contributed by atoms with Crippen LogP contribution in [0.5, 0.6) is 0 Å². The fourth-order valence-electron chi connectivity index (χ4n) is 10.3. The van der Waals surface area contributed by atoms with Crippen molar-refractivity contribution in [2.24, 2.45) is 16.7 Å². The molecule has 0 spiro atoms. The minimum Gasteiger partial charge on any atom is -0.456 e. The molecule has 11 atom stereocenters. The SMILES string of the molecule is CO[C@H]1C(=O)[C@]2(C)[C@@H](OC)C[C@H]3OC[C@@]3(OC(C)C)[C@H]2[C@H](OC(=O)c2ccccc2)[C@]2(O)C[C@H](OC(=O)[C@H](O)[C@@H](NC(=O)OC(C)(C)C)c3ccccc3)C(C)=C1C2(C)C. The van der Waals surface area contributed by atoms with Crippen LogP contribution in [0.15, 0.2) is 71.8 Å². The minimum absolute atomic E-state index is 0.0330. The van der Waals surface area contributed by atoms with Gasteiger partial charge in [-0.1, -0.05) is 62.4 Å². The first-order valence-corrected chi connectivity index (χ1v) is 20.6. The van der Waals surface area contributed by atoms with E-state index in [4.69, 9.17) is 33.2 Å². The highest BCUT2D eigenvalue weighted by Gasteiger charge is 2.77. The standard InChI is InChI=1S/C46H61NO13/c1-25(2)59-45-24-56-31(45)22-30(54-10)44(9)36(45)38(58-39(50)28-20-16-13-17-21-28)46(53)23-29(26(3)32(43(46,7)8)35(55-11)37(44)49)57-40(51)34(48)33(27-18-14-12-15-19-27)47-41(52)60-42(4,5)6/h12-21,25,29-31,33-36,38,48,53H,22-24H2,1-11H3,(H,47,52)/t29-,30-,31+,33-,34+,35+,36-,38-,44+,45-,46+/m0/s1. The molecule has 4 aliphatic rings. The summed E-state index contributed by atoms with van der Waals surface area (Å²) in [5.41, 5.74) is -5.79. The summed E-state index contributed by atoms with van der Waals surface area (Å²) in [5, 5.41) is 28.1. The van der Waals surface area contributed by atoms with Crippen molar-refractivity contribution in [3.63, 3.8) is 0 Å². The zero-order valence-corrected chi connectivity index (χ0v) is 36.5. The molecule has 0 unspecified atom stereocenters. The second kappa shape index (κ2) is 16.6. The maximum absolute atomic E-state index is 15.6. The molecule has 2 aromatic carbocycles. The Morgan fingerprint density at radius 2 is 1.55 bits per heavy atom. The molecule has 14 heteroatoms. The van der Waals surface area contributed by atoms with Crippen LogP contribution in [0.4, 0.5) is 4.79 Å². The zero-order chi connectivity index (χ0) is 44.2. The molecular weight excluding hydrogens is 774 g/mol. The lowest BCUT2D eigenvalue weighted by molar-refractivity contribution is -0.365. The predicted octanol–water partition coefficient (Wildman–Crippen LogP) is 5.43. The smallest absolute Gasteiger partial charge is 0.408 e. The number of hydrogen-bond acceptors (Lipinski definition) is 13. The number of Topliss-reactive ketones (excluding diaryl/α,β-unsaturated/α-hetero) is 1. The maximum atomic E-state index is 15.6. The molecule has 2 bridgehead atoms. The maximum Gasteiger partial charge on any atom is 0.408 e. The summed E-state index contributed by atoms with van der Waals surface area (Å²) in [6.45, 7) is 15.8. The molecule has 328 valence electrons. The van der Waals surface area contributed by atoms with E-state index in [0.29, 0.717) is 16.7 Å². The van der Waals surface area contributed by atoms with Crippen molar-refractivity contribution in [3.05, 3.63) is 82.9 Å². The number of aliphatic hydroxyl groups excluding tert-OH is 1. The van der Waals surface area contributed by atoms with Gasteiger partial charge < -0.3 is 48.7 Å². The highest BCUT2D eigenvalue weighted by molar-refractivity contribution is 5.94. The van der Waals surface area contributed by atoms with E-state index in [-0.39, 0.29) is 31.1 Å². The Balaban J connectivity index is 1.52. The number of carbonyl (C=O) groups is 4. The Morgan fingerprint density at radius 1 is 0.933 bits per heavy atom. The van der Waals surface area contributed by atoms with Gasteiger partial charge >= 0.3 is 18.0 Å². The minimum atomic E-state index is -2.11. The van der Waals surface area contributed by atoms with Gasteiger partial charge in [-0.3, -0.25) is 4.79 Å². The van der Waals surface area contributed by atoms with Crippen molar-refractivity contribution >= 4 is 23.8 Å². The molecular formula is C46H61NO13. The van der Waals surface area contributed by atoms with Gasteiger partial charge in [0.2, 0.25) is 0 Å². The van der Waals surface area contributed by atoms with Crippen LogP contribution in [0, 0.1) is 16.7 Å². The molecule has 14 nitrogen and oxygen atoms in total. The fraction of sp³-hybridized carbons (Fsp3) is 0.609. The Labute approximate surface area is 352 Å². The Hall–Kier alpha value is -4.18. The summed E-state index contributed by atoms with van der Waals surface area (Å²) in [5.74, 6) is -3.37. The molecule has 60 heavy (non-hydrogen) atoms. The van der Waals surface area contributed by atoms with Crippen LogP contribution in [-0.2, 0) is 42.7 Å². The number of nitrogens with one attached hydrogen (secondary N) is 1. The molecule has 1 aliphatic heterocycles. The number of rotatable bonds is 11. The first-order valence-electron chi connectivity index (χ1n) is 20.6. The lowest BCUT2D eigenvalue weighted by Gasteiger charge is -2.68. The van der Waals surface area contributed by atoms with E-state index in [1.54, 1.807) is 109 Å². The molecule has 1 heterocycles. The monoisotopic (exact) mass is 835 g/mol. The van der Waals surface area contributed by atoms with Crippen molar-refractivity contribution in [3.8, 4) is 0 Å². The van der Waals surface area contributed by atoms with Gasteiger partial charge in [0.1, 0.15) is 35.1 Å². The predicted molar refractivity (Wildman–Crippen MR) is 218 cm³/mol. The molecule has 0 radical (unpaired) electrons. The van der Waals surface area contributed by atoms with E-state index >= 15 is 4.79 Å². The molecule has 2 saturated carbocycles. The number of carbonyl (C=O) groups excluding carboxylic acids is 4. The number of methoxy groups -OCH3 is 2. The second-order valence-electron chi connectivity index (χ2n) is 18.6. The van der Waals surface area contributed by atoms with Crippen LogP contribution in [-0.4, -0.2) is 114 Å². The van der Waals surface area contributed by atoms with Gasteiger partial charge in [-0.05, 0) is 77.3 Å². The zero-order valence-electron chi connectivity index (χ0n) is 36.5. The third kappa shape index (κ3) is 7.68. The van der Waals surface area contributed by atoms with Gasteiger partial charge in [0, 0.05) is 38.4 Å². The van der Waals surface area contributed by atoms with Gasteiger partial charge in [-0.25, -0.2) is 14.4 Å². The number of alkyl carbamates (subject to hydrolysis) is 1. The first-order chi connectivity index (χ1) is 28.1. The summed E-state index contributed by atoms with van der Waals surface area (Å²) >= 11 is 0. The topological polar surface area (TPSA) is 185 Å². The highest BCUT2D eigenvalue weighted by atomic mass is 16.6. The number of esters is 2. The Morgan fingerprint density at radius 3 is 2.08 bits per heavy atom. The van der Waals surface area contributed by atoms with Crippen molar-refractivity contribution in [2.75, 3.05) is 20.8 Å². The molecule has 1 saturated heterocycles. The van der Waals surface area contributed by atoms with E-state index in [0.717, 1.165) is 0 Å². The van der Waals surface area contributed by atoms with Gasteiger partial charge in [0.05, 0.1) is 41.9 Å². The summed E-state index contributed by atoms with van der Waals surface area (Å²) in [4.78, 5) is 57.3. The van der Waals surface area contributed by atoms with E-state index in [1.807, 2.05) is 13.8 Å². The summed E-state index contributed by atoms with van der Waals surface area (Å²) in [6, 6.07) is 15.4. The molecule has 6 rings (SSSR count). The van der Waals surface area contributed by atoms with Crippen molar-refractivity contribution in [2.45, 2.75) is 141 Å². The van der Waals surface area contributed by atoms with Crippen LogP contribution in [0.3, 0.4) is 0 Å². The number of fused-ring (bicyclic) bond motifs is 5. The van der Waals surface area contributed by atoms with Crippen LogP contribution < -0.4 is 5.32 Å². The average molecular weight is 836 g/mol. The Kier molecular flexibility index (Phi) is 12.5. The number of benzene rings is 2. The number of ketones is 1. The molecule has 3 fully saturated rings.